The van der Waals surface area contributed by atoms with E-state index in [1.165, 1.54) is 16.7 Å². The van der Waals surface area contributed by atoms with Crippen molar-refractivity contribution < 1.29 is 9.47 Å². The van der Waals surface area contributed by atoms with Crippen molar-refractivity contribution in [2.75, 3.05) is 7.11 Å². The van der Waals surface area contributed by atoms with Gasteiger partial charge in [-0.25, -0.2) is 0 Å². The highest BCUT2D eigenvalue weighted by atomic mass is 16.5. The van der Waals surface area contributed by atoms with Crippen LogP contribution in [-0.4, -0.2) is 12.7 Å². The van der Waals surface area contributed by atoms with E-state index in [1.807, 2.05) is 12.1 Å². The predicted octanol–water partition coefficient (Wildman–Crippen LogP) is 4.75. The Hall–Kier alpha value is -1.96. The topological polar surface area (TPSA) is 18.5 Å². The van der Waals surface area contributed by atoms with Gasteiger partial charge in [0.15, 0.2) is 0 Å². The van der Waals surface area contributed by atoms with Crippen LogP contribution in [0.5, 0.6) is 5.75 Å². The average molecular weight is 282 g/mol. The first-order valence-corrected chi connectivity index (χ1v) is 7.44. The van der Waals surface area contributed by atoms with Crippen LogP contribution < -0.4 is 4.74 Å². The van der Waals surface area contributed by atoms with Gasteiger partial charge < -0.3 is 9.47 Å². The molecule has 2 heteroatoms. The van der Waals surface area contributed by atoms with Crippen molar-refractivity contribution in [1.29, 1.82) is 0 Å². The first-order valence-electron chi connectivity index (χ1n) is 7.44. The fourth-order valence-corrected chi connectivity index (χ4v) is 3.30. The number of allylic oxidation sites excluding steroid dienone is 4. The second-order valence-corrected chi connectivity index (χ2v) is 6.27. The third-order valence-corrected chi connectivity index (χ3v) is 4.14. The standard InChI is InChI=1S/C19H22O2/c1-13-12-19(2,3)21-17-7-5-6-16(18(13)17)14-8-10-15(20-4)11-9-14/h5,7-12,16H,6H2,1-4H3/t16-/m1/s1. The van der Waals surface area contributed by atoms with Gasteiger partial charge in [0.1, 0.15) is 17.1 Å². The van der Waals surface area contributed by atoms with Gasteiger partial charge in [-0.05, 0) is 62.6 Å². The molecule has 0 spiro atoms. The molecule has 0 N–H and O–H groups in total. The van der Waals surface area contributed by atoms with Gasteiger partial charge in [-0.3, -0.25) is 0 Å². The minimum absolute atomic E-state index is 0.227. The molecule has 0 amide bonds. The number of hydrogen-bond acceptors (Lipinski definition) is 2. The smallest absolute Gasteiger partial charge is 0.124 e. The van der Waals surface area contributed by atoms with Crippen LogP contribution in [0, 0.1) is 0 Å². The summed E-state index contributed by atoms with van der Waals surface area (Å²) >= 11 is 0. The third kappa shape index (κ3) is 2.63. The van der Waals surface area contributed by atoms with E-state index in [-0.39, 0.29) is 5.60 Å². The van der Waals surface area contributed by atoms with Gasteiger partial charge in [-0.1, -0.05) is 18.2 Å². The zero-order valence-electron chi connectivity index (χ0n) is 13.1. The lowest BCUT2D eigenvalue weighted by Crippen LogP contribution is -2.28. The molecule has 110 valence electrons. The average Bonchev–Trinajstić information content (AvgIpc) is 2.45. The molecule has 0 saturated carbocycles. The van der Waals surface area contributed by atoms with Gasteiger partial charge >= 0.3 is 0 Å². The van der Waals surface area contributed by atoms with Crippen LogP contribution >= 0.6 is 0 Å². The van der Waals surface area contributed by atoms with Gasteiger partial charge in [0.25, 0.3) is 0 Å². The van der Waals surface area contributed by atoms with Crippen molar-refractivity contribution in [3.63, 3.8) is 0 Å². The van der Waals surface area contributed by atoms with Crippen LogP contribution in [-0.2, 0) is 4.74 Å². The van der Waals surface area contributed by atoms with Crippen LogP contribution in [0.25, 0.3) is 0 Å². The van der Waals surface area contributed by atoms with Gasteiger partial charge in [0.2, 0.25) is 0 Å². The van der Waals surface area contributed by atoms with Crippen LogP contribution in [0.15, 0.2) is 59.4 Å². The van der Waals surface area contributed by atoms with E-state index < -0.39 is 0 Å². The fraction of sp³-hybridized carbons (Fsp3) is 0.368. The second kappa shape index (κ2) is 5.10. The van der Waals surface area contributed by atoms with Crippen molar-refractivity contribution in [1.82, 2.24) is 0 Å². The first kappa shape index (κ1) is 14.0. The van der Waals surface area contributed by atoms with E-state index in [0.717, 1.165) is 17.9 Å². The maximum atomic E-state index is 6.14. The maximum absolute atomic E-state index is 6.14. The number of hydrogen-bond donors (Lipinski definition) is 0. The molecule has 0 radical (unpaired) electrons. The fourth-order valence-electron chi connectivity index (χ4n) is 3.30. The van der Waals surface area contributed by atoms with Crippen molar-refractivity contribution in [3.8, 4) is 5.75 Å². The number of methoxy groups -OCH3 is 1. The van der Waals surface area contributed by atoms with E-state index in [4.69, 9.17) is 9.47 Å². The van der Waals surface area contributed by atoms with Crippen molar-refractivity contribution in [2.45, 2.75) is 38.7 Å². The molecule has 1 aliphatic heterocycles. The van der Waals surface area contributed by atoms with Crippen molar-refractivity contribution in [3.05, 3.63) is 65.0 Å². The molecule has 1 aliphatic carbocycles. The summed E-state index contributed by atoms with van der Waals surface area (Å²) in [7, 11) is 1.70. The Morgan fingerprint density at radius 2 is 1.90 bits per heavy atom. The molecule has 3 rings (SSSR count). The van der Waals surface area contributed by atoms with Gasteiger partial charge in [0.05, 0.1) is 7.11 Å². The monoisotopic (exact) mass is 282 g/mol. The summed E-state index contributed by atoms with van der Waals surface area (Å²) in [4.78, 5) is 0. The quantitative estimate of drug-likeness (QED) is 0.779. The van der Waals surface area contributed by atoms with Crippen LogP contribution in [0.1, 0.15) is 38.7 Å². The van der Waals surface area contributed by atoms with E-state index in [9.17, 15) is 0 Å². The molecule has 1 aromatic rings. The summed E-state index contributed by atoms with van der Waals surface area (Å²) in [5.41, 5.74) is 3.73. The second-order valence-electron chi connectivity index (χ2n) is 6.27. The first-order chi connectivity index (χ1) is 10.00. The summed E-state index contributed by atoms with van der Waals surface area (Å²) < 4.78 is 11.4. The normalized spacial score (nSPS) is 23.2. The lowest BCUT2D eigenvalue weighted by molar-refractivity contribution is 0.0777. The molecule has 1 heterocycles. The van der Waals surface area contributed by atoms with Crippen molar-refractivity contribution >= 4 is 0 Å². The van der Waals surface area contributed by atoms with Crippen LogP contribution in [0.4, 0.5) is 0 Å². The molecule has 21 heavy (non-hydrogen) atoms. The van der Waals surface area contributed by atoms with E-state index >= 15 is 0 Å². The Kier molecular flexibility index (Phi) is 3.40. The summed E-state index contributed by atoms with van der Waals surface area (Å²) in [6.07, 6.45) is 7.57. The van der Waals surface area contributed by atoms with E-state index in [2.05, 4.69) is 51.1 Å². The molecular weight excluding hydrogens is 260 g/mol. The van der Waals surface area contributed by atoms with Crippen LogP contribution in [0.2, 0.25) is 0 Å². The number of rotatable bonds is 2. The Morgan fingerprint density at radius 1 is 1.19 bits per heavy atom. The molecule has 0 aromatic heterocycles. The Balaban J connectivity index is 1.99. The highest BCUT2D eigenvalue weighted by Gasteiger charge is 2.31. The number of benzene rings is 1. The van der Waals surface area contributed by atoms with Gasteiger partial charge in [-0.15, -0.1) is 0 Å². The van der Waals surface area contributed by atoms with Gasteiger partial charge in [0, 0.05) is 11.5 Å². The Labute approximate surface area is 126 Å². The van der Waals surface area contributed by atoms with E-state index in [0.29, 0.717) is 5.92 Å². The lowest BCUT2D eigenvalue weighted by atomic mass is 9.79. The zero-order valence-corrected chi connectivity index (χ0v) is 13.1. The third-order valence-electron chi connectivity index (χ3n) is 4.14. The predicted molar refractivity (Wildman–Crippen MR) is 85.4 cm³/mol. The van der Waals surface area contributed by atoms with Crippen molar-refractivity contribution in [2.24, 2.45) is 0 Å². The van der Waals surface area contributed by atoms with Crippen LogP contribution in [0.3, 0.4) is 0 Å². The molecule has 1 aromatic carbocycles. The molecule has 0 fully saturated rings. The highest BCUT2D eigenvalue weighted by Crippen LogP contribution is 2.43. The lowest BCUT2D eigenvalue weighted by Gasteiger charge is -2.36. The molecule has 2 aliphatic rings. The molecule has 0 unspecified atom stereocenters. The minimum atomic E-state index is -0.227. The molecule has 2 nitrogen and oxygen atoms in total. The minimum Gasteiger partial charge on any atom is -0.497 e. The number of ether oxygens (including phenoxy) is 2. The molecule has 0 saturated heterocycles. The zero-order chi connectivity index (χ0) is 15.0. The summed E-state index contributed by atoms with van der Waals surface area (Å²) in [5.74, 6) is 2.28. The van der Waals surface area contributed by atoms with Gasteiger partial charge in [-0.2, -0.15) is 0 Å². The SMILES string of the molecule is COc1ccc([C@H]2CC=CC3=C2C(C)=CC(C)(C)O3)cc1. The highest BCUT2D eigenvalue weighted by molar-refractivity contribution is 5.50. The van der Waals surface area contributed by atoms with E-state index in [1.54, 1.807) is 7.11 Å². The molecular formula is C19H22O2. The largest absolute Gasteiger partial charge is 0.497 e. The Morgan fingerprint density at radius 3 is 2.57 bits per heavy atom. The Bertz CT molecular complexity index is 630. The molecule has 1 atom stereocenters. The summed E-state index contributed by atoms with van der Waals surface area (Å²) in [6, 6.07) is 8.36. The maximum Gasteiger partial charge on any atom is 0.124 e. The summed E-state index contributed by atoms with van der Waals surface area (Å²) in [5, 5.41) is 0. The summed E-state index contributed by atoms with van der Waals surface area (Å²) in [6.45, 7) is 6.39. The molecule has 0 bridgehead atoms.